The Morgan fingerprint density at radius 3 is 2.89 bits per heavy atom. The number of nitrogens with one attached hydrogen (secondary N) is 1. The Balaban J connectivity index is 1.86. The Kier molecular flexibility index (Phi) is 4.48. The van der Waals surface area contributed by atoms with Gasteiger partial charge in [0.25, 0.3) is 0 Å². The van der Waals surface area contributed by atoms with Crippen LogP contribution in [0.15, 0.2) is 49.1 Å². The van der Waals surface area contributed by atoms with Crippen molar-refractivity contribution < 1.29 is 9.53 Å². The van der Waals surface area contributed by atoms with Crippen molar-refractivity contribution >= 4 is 17.0 Å². The molecule has 8 nitrogen and oxygen atoms in total. The highest BCUT2D eigenvalue weighted by molar-refractivity contribution is 6.08. The first-order valence-electron chi connectivity index (χ1n) is 8.54. The molecule has 0 aliphatic rings. The van der Waals surface area contributed by atoms with Crippen LogP contribution in [0.2, 0.25) is 0 Å². The molecule has 0 fully saturated rings. The number of nitrogens with zero attached hydrogens (tertiary/aromatic N) is 5. The van der Waals surface area contributed by atoms with Gasteiger partial charge in [0.1, 0.15) is 18.0 Å². The average molecular weight is 370 g/mol. The van der Waals surface area contributed by atoms with Gasteiger partial charge < -0.3 is 9.72 Å². The molecular weight excluding hydrogens is 356 g/mol. The molecule has 0 saturated heterocycles. The molecule has 0 atom stereocenters. The van der Waals surface area contributed by atoms with Crippen molar-refractivity contribution in [3.05, 3.63) is 60.4 Å². The fourth-order valence-corrected chi connectivity index (χ4v) is 2.95. The SMILES string of the molecule is CCOC(=O)c1c[nH]c2ncnc(-c3cccc(-c4ccnc(C#N)n4)c3)c12. The van der Waals surface area contributed by atoms with E-state index in [2.05, 4.69) is 24.9 Å². The maximum Gasteiger partial charge on any atom is 0.340 e. The minimum absolute atomic E-state index is 0.0996. The summed E-state index contributed by atoms with van der Waals surface area (Å²) in [7, 11) is 0. The molecule has 0 bridgehead atoms. The Labute approximate surface area is 159 Å². The van der Waals surface area contributed by atoms with Gasteiger partial charge in [-0.15, -0.1) is 0 Å². The summed E-state index contributed by atoms with van der Waals surface area (Å²) < 4.78 is 5.14. The van der Waals surface area contributed by atoms with E-state index in [1.54, 1.807) is 25.4 Å². The van der Waals surface area contributed by atoms with E-state index in [-0.39, 0.29) is 12.4 Å². The Hall–Kier alpha value is -4.12. The quantitative estimate of drug-likeness (QED) is 0.548. The number of hydrogen-bond donors (Lipinski definition) is 1. The third-order valence-corrected chi connectivity index (χ3v) is 4.15. The molecule has 3 heterocycles. The first-order valence-corrected chi connectivity index (χ1v) is 8.54. The van der Waals surface area contributed by atoms with Crippen LogP contribution in [0.25, 0.3) is 33.5 Å². The molecule has 0 unspecified atom stereocenters. The van der Waals surface area contributed by atoms with Gasteiger partial charge in [-0.3, -0.25) is 0 Å². The summed E-state index contributed by atoms with van der Waals surface area (Å²) in [6.07, 6.45) is 4.56. The number of carbonyl (C=O) groups excluding carboxylic acids is 1. The summed E-state index contributed by atoms with van der Waals surface area (Å²) in [4.78, 5) is 32.0. The van der Waals surface area contributed by atoms with E-state index < -0.39 is 5.97 Å². The maximum absolute atomic E-state index is 12.3. The van der Waals surface area contributed by atoms with E-state index in [0.717, 1.165) is 11.1 Å². The van der Waals surface area contributed by atoms with Crippen LogP contribution >= 0.6 is 0 Å². The number of nitriles is 1. The molecule has 8 heteroatoms. The zero-order chi connectivity index (χ0) is 19.5. The van der Waals surface area contributed by atoms with Crippen LogP contribution < -0.4 is 0 Å². The van der Waals surface area contributed by atoms with Crippen molar-refractivity contribution in [2.24, 2.45) is 0 Å². The van der Waals surface area contributed by atoms with Gasteiger partial charge in [0.05, 0.1) is 28.9 Å². The second-order valence-corrected chi connectivity index (χ2v) is 5.83. The zero-order valence-corrected chi connectivity index (χ0v) is 14.9. The van der Waals surface area contributed by atoms with Crippen LogP contribution in [0.4, 0.5) is 0 Å². The van der Waals surface area contributed by atoms with E-state index in [9.17, 15) is 4.79 Å². The normalized spacial score (nSPS) is 10.6. The number of esters is 1. The fraction of sp³-hybridized carbons (Fsp3) is 0.100. The predicted octanol–water partition coefficient (Wildman–Crippen LogP) is 3.13. The van der Waals surface area contributed by atoms with Crippen LogP contribution in [0.5, 0.6) is 0 Å². The van der Waals surface area contributed by atoms with E-state index in [1.807, 2.05) is 30.3 Å². The van der Waals surface area contributed by atoms with Crippen molar-refractivity contribution in [1.82, 2.24) is 24.9 Å². The minimum atomic E-state index is -0.435. The molecule has 4 aromatic rings. The highest BCUT2D eigenvalue weighted by Crippen LogP contribution is 2.31. The van der Waals surface area contributed by atoms with Crippen LogP contribution in [0, 0.1) is 11.3 Å². The molecular formula is C20H14N6O2. The lowest BCUT2D eigenvalue weighted by atomic mass is 10.0. The van der Waals surface area contributed by atoms with Crippen LogP contribution in [0.3, 0.4) is 0 Å². The first kappa shape index (κ1) is 17.3. The third-order valence-electron chi connectivity index (χ3n) is 4.15. The van der Waals surface area contributed by atoms with Crippen molar-refractivity contribution in [3.8, 4) is 28.6 Å². The number of ether oxygens (including phenoxy) is 1. The Morgan fingerprint density at radius 1 is 1.21 bits per heavy atom. The summed E-state index contributed by atoms with van der Waals surface area (Å²) in [5.41, 5.74) is 3.74. The van der Waals surface area contributed by atoms with Gasteiger partial charge in [-0.25, -0.2) is 24.7 Å². The van der Waals surface area contributed by atoms with Gasteiger partial charge in [0, 0.05) is 23.5 Å². The molecule has 4 rings (SSSR count). The highest BCUT2D eigenvalue weighted by atomic mass is 16.5. The smallest absolute Gasteiger partial charge is 0.340 e. The van der Waals surface area contributed by atoms with E-state index in [0.29, 0.717) is 28.0 Å². The maximum atomic E-state index is 12.3. The van der Waals surface area contributed by atoms with Crippen molar-refractivity contribution in [2.45, 2.75) is 6.92 Å². The van der Waals surface area contributed by atoms with Gasteiger partial charge >= 0.3 is 5.97 Å². The monoisotopic (exact) mass is 370 g/mol. The molecule has 28 heavy (non-hydrogen) atoms. The Morgan fingerprint density at radius 2 is 2.07 bits per heavy atom. The largest absolute Gasteiger partial charge is 0.462 e. The molecule has 0 saturated carbocycles. The number of carbonyl (C=O) groups is 1. The fourth-order valence-electron chi connectivity index (χ4n) is 2.95. The summed E-state index contributed by atoms with van der Waals surface area (Å²) in [6, 6.07) is 11.2. The van der Waals surface area contributed by atoms with Gasteiger partial charge in [-0.1, -0.05) is 18.2 Å². The summed E-state index contributed by atoms with van der Waals surface area (Å²) in [5.74, 6) is -0.335. The van der Waals surface area contributed by atoms with Crippen molar-refractivity contribution in [3.63, 3.8) is 0 Å². The summed E-state index contributed by atoms with van der Waals surface area (Å²) >= 11 is 0. The second kappa shape index (κ2) is 7.25. The standard InChI is InChI=1S/C20H14N6O2/c1-2-28-20(27)14-10-23-19-17(14)18(24-11-25-19)13-5-3-4-12(8-13)15-6-7-22-16(9-21)26-15/h3-8,10-11H,2H2,1H3,(H,23,24,25). The lowest BCUT2D eigenvalue weighted by molar-refractivity contribution is 0.0528. The van der Waals surface area contributed by atoms with E-state index in [1.165, 1.54) is 6.33 Å². The molecule has 0 amide bonds. The van der Waals surface area contributed by atoms with Gasteiger partial charge in [-0.05, 0) is 19.1 Å². The van der Waals surface area contributed by atoms with Crippen LogP contribution in [-0.2, 0) is 4.74 Å². The van der Waals surface area contributed by atoms with E-state index >= 15 is 0 Å². The number of fused-ring (bicyclic) bond motifs is 1. The molecule has 3 aromatic heterocycles. The van der Waals surface area contributed by atoms with Crippen molar-refractivity contribution in [1.29, 1.82) is 5.26 Å². The molecule has 1 aromatic carbocycles. The number of H-pyrrole nitrogens is 1. The lowest BCUT2D eigenvalue weighted by Crippen LogP contribution is -2.04. The predicted molar refractivity (Wildman–Crippen MR) is 101 cm³/mol. The van der Waals surface area contributed by atoms with Gasteiger partial charge in [0.2, 0.25) is 5.82 Å². The lowest BCUT2D eigenvalue weighted by Gasteiger charge is -2.07. The van der Waals surface area contributed by atoms with Crippen molar-refractivity contribution in [2.75, 3.05) is 6.61 Å². The number of rotatable bonds is 4. The van der Waals surface area contributed by atoms with Gasteiger partial charge in [-0.2, -0.15) is 5.26 Å². The molecule has 136 valence electrons. The molecule has 0 radical (unpaired) electrons. The van der Waals surface area contributed by atoms with Gasteiger partial charge in [0.15, 0.2) is 0 Å². The minimum Gasteiger partial charge on any atom is -0.462 e. The van der Waals surface area contributed by atoms with E-state index in [4.69, 9.17) is 10.00 Å². The number of aromatic amines is 1. The number of hydrogen-bond acceptors (Lipinski definition) is 7. The topological polar surface area (TPSA) is 117 Å². The Bertz CT molecular complexity index is 1220. The number of aromatic nitrogens is 5. The second-order valence-electron chi connectivity index (χ2n) is 5.83. The molecule has 0 aliphatic carbocycles. The average Bonchev–Trinajstić information content (AvgIpc) is 3.18. The summed E-state index contributed by atoms with van der Waals surface area (Å²) in [5, 5.41) is 9.62. The third kappa shape index (κ3) is 3.05. The molecule has 0 aliphatic heterocycles. The molecule has 1 N–H and O–H groups in total. The zero-order valence-electron chi connectivity index (χ0n) is 14.9. The first-order chi connectivity index (χ1) is 13.7. The summed E-state index contributed by atoms with van der Waals surface area (Å²) in [6.45, 7) is 2.03. The van der Waals surface area contributed by atoms with Crippen LogP contribution in [-0.4, -0.2) is 37.5 Å². The van der Waals surface area contributed by atoms with Crippen LogP contribution in [0.1, 0.15) is 23.1 Å². The molecule has 0 spiro atoms. The highest BCUT2D eigenvalue weighted by Gasteiger charge is 2.19. The number of benzene rings is 1.